The van der Waals surface area contributed by atoms with Crippen molar-refractivity contribution in [1.82, 2.24) is 14.8 Å². The van der Waals surface area contributed by atoms with E-state index in [0.29, 0.717) is 12.2 Å². The number of carbonyl (C=O) groups is 1. The lowest BCUT2D eigenvalue weighted by atomic mass is 10.3. The molecule has 0 aliphatic carbocycles. The molecule has 1 heterocycles. The molecule has 0 bridgehead atoms. The predicted molar refractivity (Wildman–Crippen MR) is 86.8 cm³/mol. The molecule has 0 aliphatic heterocycles. The van der Waals surface area contributed by atoms with Gasteiger partial charge in [0.1, 0.15) is 5.84 Å². The van der Waals surface area contributed by atoms with Gasteiger partial charge in [-0.3, -0.25) is 4.79 Å². The molecule has 116 valence electrons. The lowest BCUT2D eigenvalue weighted by molar-refractivity contribution is -0.129. The largest absolute Gasteiger partial charge is 0.360 e. The third-order valence-electron chi connectivity index (χ3n) is 3.45. The average Bonchev–Trinajstić information content (AvgIpc) is 2.50. The van der Waals surface area contributed by atoms with Gasteiger partial charge in [-0.2, -0.15) is 0 Å². The van der Waals surface area contributed by atoms with Gasteiger partial charge in [0.25, 0.3) is 0 Å². The first kappa shape index (κ1) is 17.1. The molecule has 0 fully saturated rings. The molecule has 0 aliphatic rings. The SMILES string of the molecule is CCN(CC)C(=O)C/C(=N/c1ccccn1)N(CC)CC. The van der Waals surface area contributed by atoms with Gasteiger partial charge in [-0.1, -0.05) is 6.07 Å². The number of hydrogen-bond donors (Lipinski definition) is 0. The van der Waals surface area contributed by atoms with Crippen molar-refractivity contribution in [3.8, 4) is 0 Å². The Morgan fingerprint density at radius 2 is 1.67 bits per heavy atom. The van der Waals surface area contributed by atoms with Gasteiger partial charge in [0.15, 0.2) is 5.82 Å². The van der Waals surface area contributed by atoms with Crippen LogP contribution in [0.4, 0.5) is 5.82 Å². The highest BCUT2D eigenvalue weighted by Gasteiger charge is 2.17. The van der Waals surface area contributed by atoms with E-state index in [9.17, 15) is 4.79 Å². The molecule has 0 spiro atoms. The number of pyridine rings is 1. The number of amidine groups is 1. The Hall–Kier alpha value is -1.91. The minimum atomic E-state index is 0.113. The zero-order valence-corrected chi connectivity index (χ0v) is 13.5. The van der Waals surface area contributed by atoms with Crippen molar-refractivity contribution >= 4 is 17.6 Å². The van der Waals surface area contributed by atoms with Crippen molar-refractivity contribution in [2.45, 2.75) is 34.1 Å². The first-order chi connectivity index (χ1) is 10.2. The molecule has 1 aromatic rings. The highest BCUT2D eigenvalue weighted by molar-refractivity contribution is 6.00. The van der Waals surface area contributed by atoms with E-state index in [4.69, 9.17) is 0 Å². The fraction of sp³-hybridized carbons (Fsp3) is 0.562. The number of rotatable bonds is 7. The van der Waals surface area contributed by atoms with Gasteiger partial charge >= 0.3 is 0 Å². The van der Waals surface area contributed by atoms with Crippen molar-refractivity contribution < 1.29 is 4.79 Å². The zero-order valence-electron chi connectivity index (χ0n) is 13.5. The Morgan fingerprint density at radius 3 is 2.14 bits per heavy atom. The predicted octanol–water partition coefficient (Wildman–Crippen LogP) is 2.71. The Labute approximate surface area is 127 Å². The lowest BCUT2D eigenvalue weighted by Gasteiger charge is -2.25. The van der Waals surface area contributed by atoms with Crippen LogP contribution in [-0.2, 0) is 4.79 Å². The van der Waals surface area contributed by atoms with Crippen LogP contribution in [0.25, 0.3) is 0 Å². The summed E-state index contributed by atoms with van der Waals surface area (Å²) in [7, 11) is 0. The summed E-state index contributed by atoms with van der Waals surface area (Å²) in [6, 6.07) is 5.61. The minimum absolute atomic E-state index is 0.113. The van der Waals surface area contributed by atoms with E-state index in [2.05, 4.69) is 28.7 Å². The number of amides is 1. The van der Waals surface area contributed by atoms with E-state index in [1.54, 1.807) is 6.20 Å². The summed E-state index contributed by atoms with van der Waals surface area (Å²) in [6.45, 7) is 11.2. The second-order valence-electron chi connectivity index (χ2n) is 4.63. The van der Waals surface area contributed by atoms with Gasteiger partial charge in [0.2, 0.25) is 5.91 Å². The van der Waals surface area contributed by atoms with Gasteiger partial charge < -0.3 is 9.80 Å². The smallest absolute Gasteiger partial charge is 0.230 e. The van der Waals surface area contributed by atoms with Gasteiger partial charge in [0.05, 0.1) is 6.42 Å². The first-order valence-electron chi connectivity index (χ1n) is 7.67. The van der Waals surface area contributed by atoms with Gasteiger partial charge in [0, 0.05) is 32.4 Å². The standard InChI is InChI=1S/C16H26N4O/c1-5-19(6-2)15(13-16(21)20(7-3)8-4)18-14-11-9-10-12-17-14/h9-12H,5-8,13H2,1-4H3/b18-15-. The van der Waals surface area contributed by atoms with Gasteiger partial charge in [-0.15, -0.1) is 0 Å². The van der Waals surface area contributed by atoms with Crippen LogP contribution < -0.4 is 0 Å². The summed E-state index contributed by atoms with van der Waals surface area (Å²) in [6.07, 6.45) is 2.03. The summed E-state index contributed by atoms with van der Waals surface area (Å²) < 4.78 is 0. The molecule has 0 aromatic carbocycles. The molecule has 0 unspecified atom stereocenters. The molecule has 5 nitrogen and oxygen atoms in total. The Kier molecular flexibility index (Phi) is 7.43. The molecule has 0 saturated heterocycles. The monoisotopic (exact) mass is 290 g/mol. The van der Waals surface area contributed by atoms with Crippen molar-refractivity contribution in [3.63, 3.8) is 0 Å². The van der Waals surface area contributed by atoms with E-state index in [1.807, 2.05) is 36.9 Å². The third kappa shape index (κ3) is 5.17. The molecule has 0 atom stereocenters. The Morgan fingerprint density at radius 1 is 1.05 bits per heavy atom. The van der Waals surface area contributed by atoms with Crippen molar-refractivity contribution in [3.05, 3.63) is 24.4 Å². The molecule has 21 heavy (non-hydrogen) atoms. The van der Waals surface area contributed by atoms with Crippen molar-refractivity contribution in [2.24, 2.45) is 4.99 Å². The number of nitrogens with zero attached hydrogens (tertiary/aromatic N) is 4. The number of aliphatic imine (C=N–C) groups is 1. The normalized spacial score (nSPS) is 11.3. The lowest BCUT2D eigenvalue weighted by Crippen LogP contribution is -2.38. The topological polar surface area (TPSA) is 48.8 Å². The van der Waals surface area contributed by atoms with Crippen LogP contribution in [0, 0.1) is 0 Å². The maximum absolute atomic E-state index is 12.3. The maximum atomic E-state index is 12.3. The average molecular weight is 290 g/mol. The zero-order chi connectivity index (χ0) is 15.7. The quantitative estimate of drug-likeness (QED) is 0.573. The van der Waals surface area contributed by atoms with Crippen LogP contribution in [0.15, 0.2) is 29.4 Å². The molecule has 0 saturated carbocycles. The van der Waals surface area contributed by atoms with Crippen molar-refractivity contribution in [2.75, 3.05) is 26.2 Å². The summed E-state index contributed by atoms with van der Waals surface area (Å²) in [5.41, 5.74) is 0. The van der Waals surface area contributed by atoms with Crippen LogP contribution in [-0.4, -0.2) is 52.7 Å². The number of aromatic nitrogens is 1. The van der Waals surface area contributed by atoms with Gasteiger partial charge in [-0.25, -0.2) is 9.98 Å². The van der Waals surface area contributed by atoms with Gasteiger partial charge in [-0.05, 0) is 39.8 Å². The molecule has 1 rings (SSSR count). The molecule has 1 amide bonds. The second kappa shape index (κ2) is 9.10. The molecule has 0 radical (unpaired) electrons. The fourth-order valence-electron chi connectivity index (χ4n) is 2.19. The molecular formula is C16H26N4O. The Bertz CT molecular complexity index is 451. The minimum Gasteiger partial charge on any atom is -0.360 e. The fourth-order valence-corrected chi connectivity index (χ4v) is 2.19. The highest BCUT2D eigenvalue weighted by Crippen LogP contribution is 2.10. The molecule has 5 heteroatoms. The number of carbonyl (C=O) groups excluding carboxylic acids is 1. The summed E-state index contributed by atoms with van der Waals surface area (Å²) in [4.78, 5) is 25.1. The summed E-state index contributed by atoms with van der Waals surface area (Å²) in [5.74, 6) is 1.55. The molecule has 1 aromatic heterocycles. The second-order valence-corrected chi connectivity index (χ2v) is 4.63. The van der Waals surface area contributed by atoms with E-state index in [0.717, 1.165) is 32.0 Å². The van der Waals surface area contributed by atoms with Crippen molar-refractivity contribution in [1.29, 1.82) is 0 Å². The van der Waals surface area contributed by atoms with E-state index in [-0.39, 0.29) is 5.91 Å². The van der Waals surface area contributed by atoms with Crippen LogP contribution >= 0.6 is 0 Å². The van der Waals surface area contributed by atoms with Crippen LogP contribution in [0.5, 0.6) is 0 Å². The third-order valence-corrected chi connectivity index (χ3v) is 3.45. The maximum Gasteiger partial charge on any atom is 0.230 e. The van der Waals surface area contributed by atoms with Crippen LogP contribution in [0.2, 0.25) is 0 Å². The van der Waals surface area contributed by atoms with E-state index in [1.165, 1.54) is 0 Å². The van der Waals surface area contributed by atoms with Crippen LogP contribution in [0.3, 0.4) is 0 Å². The Balaban J connectivity index is 2.98. The van der Waals surface area contributed by atoms with E-state index < -0.39 is 0 Å². The molecular weight excluding hydrogens is 264 g/mol. The first-order valence-corrected chi connectivity index (χ1v) is 7.67. The highest BCUT2D eigenvalue weighted by atomic mass is 16.2. The van der Waals surface area contributed by atoms with Crippen LogP contribution in [0.1, 0.15) is 34.1 Å². The number of hydrogen-bond acceptors (Lipinski definition) is 3. The summed E-state index contributed by atoms with van der Waals surface area (Å²) >= 11 is 0. The summed E-state index contributed by atoms with van der Waals surface area (Å²) in [5, 5.41) is 0. The molecule has 0 N–H and O–H groups in total. The van der Waals surface area contributed by atoms with E-state index >= 15 is 0 Å².